The van der Waals surface area contributed by atoms with Crippen molar-refractivity contribution in [2.24, 2.45) is 0 Å². The summed E-state index contributed by atoms with van der Waals surface area (Å²) in [6, 6.07) is 80.6. The Hall–Kier alpha value is -8.40. The maximum absolute atomic E-state index is 6.87. The highest BCUT2D eigenvalue weighted by molar-refractivity contribution is 6.27. The van der Waals surface area contributed by atoms with Crippen LogP contribution < -0.4 is 4.90 Å². The van der Waals surface area contributed by atoms with Gasteiger partial charge in [-0.05, 0) is 109 Å². The molecule has 0 atom stereocenters. The summed E-state index contributed by atoms with van der Waals surface area (Å²) < 4.78 is 13.5. The van der Waals surface area contributed by atoms with Crippen molar-refractivity contribution in [2.45, 2.75) is 0 Å². The molecule has 294 valence electrons. The van der Waals surface area contributed by atoms with E-state index in [0.717, 1.165) is 77.6 Å². The number of anilines is 3. The molecule has 0 bridgehead atoms. The number of rotatable bonds is 6. The summed E-state index contributed by atoms with van der Waals surface area (Å²) in [5.41, 5.74) is 13.2. The number of para-hydroxylation sites is 3. The highest BCUT2D eigenvalue weighted by Crippen LogP contribution is 2.50. The fourth-order valence-electron chi connectivity index (χ4n) is 9.98. The van der Waals surface area contributed by atoms with E-state index in [1.807, 2.05) is 18.2 Å². The van der Waals surface area contributed by atoms with E-state index in [0.29, 0.717) is 0 Å². The van der Waals surface area contributed by atoms with E-state index < -0.39 is 0 Å². The Morgan fingerprint density at radius 3 is 1.46 bits per heavy atom. The fourth-order valence-corrected chi connectivity index (χ4v) is 9.98. The molecule has 63 heavy (non-hydrogen) atoms. The fraction of sp³-hybridized carbons (Fsp3) is 0. The van der Waals surface area contributed by atoms with Gasteiger partial charge in [0.2, 0.25) is 0 Å². The lowest BCUT2D eigenvalue weighted by Crippen LogP contribution is -2.12. The van der Waals surface area contributed by atoms with Crippen LogP contribution in [0.15, 0.2) is 233 Å². The van der Waals surface area contributed by atoms with Gasteiger partial charge < -0.3 is 13.7 Å². The second kappa shape index (κ2) is 14.1. The molecule has 3 nitrogen and oxygen atoms in total. The van der Waals surface area contributed by atoms with Crippen molar-refractivity contribution in [3.8, 4) is 33.4 Å². The molecule has 3 heteroatoms. The van der Waals surface area contributed by atoms with Crippen molar-refractivity contribution >= 4 is 93.3 Å². The molecular formula is C60H37NO2. The molecule has 0 radical (unpaired) electrons. The first-order chi connectivity index (χ1) is 31.2. The average Bonchev–Trinajstić information content (AvgIpc) is 3.93. The van der Waals surface area contributed by atoms with E-state index in [1.165, 1.54) is 49.0 Å². The van der Waals surface area contributed by atoms with Gasteiger partial charge in [-0.15, -0.1) is 0 Å². The molecule has 11 aromatic carbocycles. The molecule has 0 unspecified atom stereocenters. The lowest BCUT2D eigenvalue weighted by Gasteiger charge is -2.29. The zero-order valence-corrected chi connectivity index (χ0v) is 34.1. The van der Waals surface area contributed by atoms with E-state index in [2.05, 4.69) is 211 Å². The number of fused-ring (bicyclic) bond motifs is 12. The minimum absolute atomic E-state index is 0.823. The molecule has 0 N–H and O–H groups in total. The Bertz CT molecular complexity index is 3930. The van der Waals surface area contributed by atoms with Crippen LogP contribution in [0.4, 0.5) is 17.1 Å². The van der Waals surface area contributed by atoms with E-state index in [4.69, 9.17) is 8.83 Å². The van der Waals surface area contributed by atoms with E-state index in [1.54, 1.807) is 0 Å². The molecule has 0 aliphatic carbocycles. The van der Waals surface area contributed by atoms with Gasteiger partial charge in [0.25, 0.3) is 0 Å². The van der Waals surface area contributed by atoms with Crippen molar-refractivity contribution in [3.05, 3.63) is 224 Å². The quantitative estimate of drug-likeness (QED) is 0.157. The SMILES string of the molecule is c1ccc(-c2ccccc2-c2cccc(-c3cc4c5ccccc5c5ccccc5c4cc3N(c3ccc4c(c3)oc3ccccc34)c3cccc4c3oc3ccccc34)c2)cc1. The van der Waals surface area contributed by atoms with Crippen LogP contribution in [-0.4, -0.2) is 0 Å². The largest absolute Gasteiger partial charge is 0.456 e. The van der Waals surface area contributed by atoms with Crippen LogP contribution in [0, 0.1) is 0 Å². The van der Waals surface area contributed by atoms with Crippen molar-refractivity contribution in [2.75, 3.05) is 4.90 Å². The highest BCUT2D eigenvalue weighted by atomic mass is 16.3. The van der Waals surface area contributed by atoms with Gasteiger partial charge >= 0.3 is 0 Å². The molecule has 13 aromatic rings. The van der Waals surface area contributed by atoms with Crippen LogP contribution in [0.25, 0.3) is 110 Å². The minimum atomic E-state index is 0.823. The zero-order valence-electron chi connectivity index (χ0n) is 34.1. The van der Waals surface area contributed by atoms with Crippen LogP contribution in [0.1, 0.15) is 0 Å². The number of nitrogens with zero attached hydrogens (tertiary/aromatic N) is 1. The van der Waals surface area contributed by atoms with Crippen LogP contribution in [0.3, 0.4) is 0 Å². The average molecular weight is 804 g/mol. The Balaban J connectivity index is 1.15. The molecule has 0 aliphatic heterocycles. The Kier molecular flexibility index (Phi) is 7.91. The lowest BCUT2D eigenvalue weighted by molar-refractivity contribution is 0.667. The lowest BCUT2D eigenvalue weighted by atomic mass is 9.89. The van der Waals surface area contributed by atoms with Crippen molar-refractivity contribution in [3.63, 3.8) is 0 Å². The standard InChI is InChI=1S/C60H37NO2/c1-2-16-38(17-3-1)42-20-4-5-21-43(42)39-18-14-19-40(34-39)52-36-53-46-24-8-6-22-44(46)45-23-7-9-25-47(45)54(53)37-56(52)61(41-32-33-50-48-26-10-12-30-57(48)62-59(50)35-41)55-29-15-28-51-49-27-11-13-31-58(49)63-60(51)55/h1-37H. The third-order valence-corrected chi connectivity index (χ3v) is 12.8. The molecule has 13 rings (SSSR count). The van der Waals surface area contributed by atoms with E-state index in [-0.39, 0.29) is 0 Å². The number of hydrogen-bond donors (Lipinski definition) is 0. The number of benzene rings is 11. The van der Waals surface area contributed by atoms with Gasteiger partial charge in [0.05, 0.1) is 17.1 Å². The summed E-state index contributed by atoms with van der Waals surface area (Å²) in [5.74, 6) is 0. The maximum atomic E-state index is 6.87. The van der Waals surface area contributed by atoms with Gasteiger partial charge in [-0.25, -0.2) is 0 Å². The van der Waals surface area contributed by atoms with Crippen LogP contribution in [0.5, 0.6) is 0 Å². The first-order valence-electron chi connectivity index (χ1n) is 21.5. The first-order valence-corrected chi connectivity index (χ1v) is 21.5. The van der Waals surface area contributed by atoms with E-state index in [9.17, 15) is 0 Å². The first kappa shape index (κ1) is 35.4. The molecule has 0 spiro atoms. The van der Waals surface area contributed by atoms with Crippen LogP contribution in [0.2, 0.25) is 0 Å². The molecule has 0 amide bonds. The maximum Gasteiger partial charge on any atom is 0.159 e. The summed E-state index contributed by atoms with van der Waals surface area (Å²) in [6.07, 6.45) is 0. The molecule has 0 saturated carbocycles. The topological polar surface area (TPSA) is 29.5 Å². The number of hydrogen-bond acceptors (Lipinski definition) is 3. The minimum Gasteiger partial charge on any atom is -0.456 e. The molecule has 0 fully saturated rings. The second-order valence-corrected chi connectivity index (χ2v) is 16.4. The van der Waals surface area contributed by atoms with Crippen molar-refractivity contribution in [1.29, 1.82) is 0 Å². The van der Waals surface area contributed by atoms with Crippen molar-refractivity contribution < 1.29 is 8.83 Å². The summed E-state index contributed by atoms with van der Waals surface area (Å²) in [5, 5.41) is 11.6. The molecule has 0 aliphatic rings. The Labute approximate surface area is 363 Å². The predicted octanol–water partition coefficient (Wildman–Crippen LogP) is 17.4. The van der Waals surface area contributed by atoms with Crippen LogP contribution >= 0.6 is 0 Å². The second-order valence-electron chi connectivity index (χ2n) is 16.4. The Morgan fingerprint density at radius 2 is 0.746 bits per heavy atom. The predicted molar refractivity (Wildman–Crippen MR) is 265 cm³/mol. The normalized spacial score (nSPS) is 11.8. The van der Waals surface area contributed by atoms with Crippen LogP contribution in [-0.2, 0) is 0 Å². The zero-order chi connectivity index (χ0) is 41.4. The summed E-state index contributed by atoms with van der Waals surface area (Å²) in [4.78, 5) is 2.39. The molecule has 2 heterocycles. The van der Waals surface area contributed by atoms with Gasteiger partial charge in [0.15, 0.2) is 5.58 Å². The van der Waals surface area contributed by atoms with Gasteiger partial charge in [0, 0.05) is 33.2 Å². The summed E-state index contributed by atoms with van der Waals surface area (Å²) >= 11 is 0. The van der Waals surface area contributed by atoms with Gasteiger partial charge in [-0.1, -0.05) is 170 Å². The third kappa shape index (κ3) is 5.60. The third-order valence-electron chi connectivity index (χ3n) is 12.8. The molecule has 2 aromatic heterocycles. The smallest absolute Gasteiger partial charge is 0.159 e. The molecular weight excluding hydrogens is 767 g/mol. The summed E-state index contributed by atoms with van der Waals surface area (Å²) in [7, 11) is 0. The van der Waals surface area contributed by atoms with E-state index >= 15 is 0 Å². The Morgan fingerprint density at radius 1 is 0.254 bits per heavy atom. The molecule has 0 saturated heterocycles. The van der Waals surface area contributed by atoms with Gasteiger partial charge in [-0.2, -0.15) is 0 Å². The van der Waals surface area contributed by atoms with Gasteiger partial charge in [0.1, 0.15) is 16.7 Å². The monoisotopic (exact) mass is 803 g/mol. The van der Waals surface area contributed by atoms with Crippen molar-refractivity contribution in [1.82, 2.24) is 0 Å². The van der Waals surface area contributed by atoms with Gasteiger partial charge in [-0.3, -0.25) is 0 Å². The number of furan rings is 2. The highest BCUT2D eigenvalue weighted by Gasteiger charge is 2.25. The summed E-state index contributed by atoms with van der Waals surface area (Å²) in [6.45, 7) is 0.